The van der Waals surface area contributed by atoms with Crippen molar-refractivity contribution in [1.29, 1.82) is 5.41 Å². The van der Waals surface area contributed by atoms with E-state index in [4.69, 9.17) is 11.1 Å². The average Bonchev–Trinajstić information content (AvgIpc) is 3.15. The summed E-state index contributed by atoms with van der Waals surface area (Å²) in [7, 11) is 1.98. The number of nitrogens with two attached hydrogens (primary N) is 1. The zero-order valence-electron chi connectivity index (χ0n) is 11.0. The van der Waals surface area contributed by atoms with E-state index in [1.807, 2.05) is 30.2 Å². The number of anilines is 1. The second kappa shape index (κ2) is 4.53. The maximum absolute atomic E-state index is 7.39. The second-order valence-corrected chi connectivity index (χ2v) is 5.06. The molecule has 0 aromatic carbocycles. The summed E-state index contributed by atoms with van der Waals surface area (Å²) in [5.74, 6) is 1.14. The van der Waals surface area contributed by atoms with Gasteiger partial charge in [0.05, 0.1) is 17.7 Å². The fourth-order valence-corrected chi connectivity index (χ4v) is 2.35. The molecule has 0 bridgehead atoms. The topological polar surface area (TPSA) is 83.8 Å². The molecule has 6 heteroatoms. The molecule has 2 aromatic rings. The molecule has 0 aliphatic heterocycles. The van der Waals surface area contributed by atoms with Gasteiger partial charge in [0.2, 0.25) is 0 Å². The number of hydrogen-bond donors (Lipinski definition) is 2. The van der Waals surface area contributed by atoms with Crippen molar-refractivity contribution in [2.45, 2.75) is 25.3 Å². The van der Waals surface area contributed by atoms with Gasteiger partial charge in [0, 0.05) is 32.3 Å². The van der Waals surface area contributed by atoms with Gasteiger partial charge < -0.3 is 15.2 Å². The molecule has 3 rings (SSSR count). The van der Waals surface area contributed by atoms with Gasteiger partial charge in [0.1, 0.15) is 5.52 Å². The molecule has 1 fully saturated rings. The Hall–Kier alpha value is -2.11. The molecule has 6 nitrogen and oxygen atoms in total. The first-order valence-corrected chi connectivity index (χ1v) is 6.52. The van der Waals surface area contributed by atoms with Crippen LogP contribution in [0.3, 0.4) is 0 Å². The molecule has 1 aliphatic carbocycles. The Kier molecular flexibility index (Phi) is 2.85. The number of aromatic nitrogens is 3. The van der Waals surface area contributed by atoms with E-state index in [0.717, 1.165) is 23.4 Å². The molecular weight excluding hydrogens is 240 g/mol. The van der Waals surface area contributed by atoms with Gasteiger partial charge in [-0.15, -0.1) is 0 Å². The van der Waals surface area contributed by atoms with Crippen LogP contribution in [0, 0.1) is 5.41 Å². The molecule has 1 saturated carbocycles. The minimum Gasteiger partial charge on any atom is -0.388 e. The van der Waals surface area contributed by atoms with Crippen LogP contribution in [0.2, 0.25) is 0 Å². The van der Waals surface area contributed by atoms with Crippen molar-refractivity contribution in [3.05, 3.63) is 18.6 Å². The summed E-state index contributed by atoms with van der Waals surface area (Å²) in [6, 6.07) is 2.50. The number of aryl methyl sites for hydroxylation is 1. The molecule has 0 radical (unpaired) electrons. The van der Waals surface area contributed by atoms with Crippen molar-refractivity contribution in [2.75, 3.05) is 11.4 Å². The Morgan fingerprint density at radius 3 is 3.00 bits per heavy atom. The first kappa shape index (κ1) is 12.0. The molecule has 0 atom stereocenters. The highest BCUT2D eigenvalue weighted by Crippen LogP contribution is 2.33. The number of hydrogen-bond acceptors (Lipinski definition) is 4. The predicted molar refractivity (Wildman–Crippen MR) is 75.4 cm³/mol. The summed E-state index contributed by atoms with van der Waals surface area (Å²) in [6.45, 7) is 0.739. The van der Waals surface area contributed by atoms with Gasteiger partial charge in [0.25, 0.3) is 0 Å². The Bertz CT molecular complexity index is 613. The molecule has 0 amide bonds. The van der Waals surface area contributed by atoms with Crippen molar-refractivity contribution in [1.82, 2.24) is 14.5 Å². The highest BCUT2D eigenvalue weighted by atomic mass is 15.2. The van der Waals surface area contributed by atoms with E-state index in [1.54, 1.807) is 0 Å². The lowest BCUT2D eigenvalue weighted by Crippen LogP contribution is -2.30. The summed E-state index contributed by atoms with van der Waals surface area (Å²) in [6.07, 6.45) is 6.57. The van der Waals surface area contributed by atoms with Crippen LogP contribution in [0.5, 0.6) is 0 Å². The standard InChI is InChI=1S/C13H18N6/c1-18-8-17-12-10(18)4-6-16-13(12)19(9-2-3-9)7-5-11(14)15/h4,6,8-9H,2-3,5,7H2,1H3,(H3,14,15). The third-order valence-corrected chi connectivity index (χ3v) is 3.51. The average molecular weight is 258 g/mol. The van der Waals surface area contributed by atoms with Crippen LogP contribution < -0.4 is 10.6 Å². The lowest BCUT2D eigenvalue weighted by Gasteiger charge is -2.23. The molecule has 0 unspecified atom stereocenters. The van der Waals surface area contributed by atoms with Gasteiger partial charge in [-0.05, 0) is 18.9 Å². The number of imidazole rings is 1. The lowest BCUT2D eigenvalue weighted by molar-refractivity contribution is 0.785. The largest absolute Gasteiger partial charge is 0.388 e. The molecule has 2 heterocycles. The third kappa shape index (κ3) is 2.25. The molecule has 100 valence electrons. The van der Waals surface area contributed by atoms with Gasteiger partial charge in [-0.25, -0.2) is 9.97 Å². The number of fused-ring (bicyclic) bond motifs is 1. The van der Waals surface area contributed by atoms with Crippen molar-refractivity contribution in [3.8, 4) is 0 Å². The number of nitrogens with zero attached hydrogens (tertiary/aromatic N) is 4. The van der Waals surface area contributed by atoms with Crippen LogP contribution in [0.1, 0.15) is 19.3 Å². The van der Waals surface area contributed by atoms with Crippen LogP contribution in [-0.4, -0.2) is 33.0 Å². The normalized spacial score (nSPS) is 14.8. The van der Waals surface area contributed by atoms with E-state index in [2.05, 4.69) is 14.9 Å². The van der Waals surface area contributed by atoms with E-state index < -0.39 is 0 Å². The highest BCUT2D eigenvalue weighted by molar-refractivity contribution is 5.87. The highest BCUT2D eigenvalue weighted by Gasteiger charge is 2.31. The van der Waals surface area contributed by atoms with Crippen LogP contribution in [0.25, 0.3) is 11.0 Å². The van der Waals surface area contributed by atoms with Crippen LogP contribution in [0.15, 0.2) is 18.6 Å². The number of pyridine rings is 1. The smallest absolute Gasteiger partial charge is 0.157 e. The zero-order valence-corrected chi connectivity index (χ0v) is 11.0. The van der Waals surface area contributed by atoms with Gasteiger partial charge in [-0.2, -0.15) is 0 Å². The van der Waals surface area contributed by atoms with Crippen LogP contribution in [-0.2, 0) is 7.05 Å². The minimum absolute atomic E-state index is 0.221. The Balaban J connectivity index is 1.97. The summed E-state index contributed by atoms with van der Waals surface area (Å²) in [5.41, 5.74) is 7.49. The molecular formula is C13H18N6. The van der Waals surface area contributed by atoms with Gasteiger partial charge in [-0.3, -0.25) is 5.41 Å². The van der Waals surface area contributed by atoms with Crippen molar-refractivity contribution in [2.24, 2.45) is 12.8 Å². The van der Waals surface area contributed by atoms with E-state index in [9.17, 15) is 0 Å². The predicted octanol–water partition coefficient (Wildman–Crippen LogP) is 1.26. The Morgan fingerprint density at radius 2 is 2.32 bits per heavy atom. The first-order chi connectivity index (χ1) is 9.16. The lowest BCUT2D eigenvalue weighted by atomic mass is 10.3. The maximum atomic E-state index is 7.39. The van der Waals surface area contributed by atoms with Crippen molar-refractivity contribution < 1.29 is 0 Å². The molecule has 3 N–H and O–H groups in total. The van der Waals surface area contributed by atoms with Crippen LogP contribution >= 0.6 is 0 Å². The Morgan fingerprint density at radius 1 is 1.53 bits per heavy atom. The third-order valence-electron chi connectivity index (χ3n) is 3.51. The monoisotopic (exact) mass is 258 g/mol. The van der Waals surface area contributed by atoms with E-state index in [-0.39, 0.29) is 5.84 Å². The number of rotatable bonds is 5. The Labute approximate surface area is 111 Å². The first-order valence-electron chi connectivity index (χ1n) is 6.52. The maximum Gasteiger partial charge on any atom is 0.157 e. The van der Waals surface area contributed by atoms with Crippen molar-refractivity contribution in [3.63, 3.8) is 0 Å². The van der Waals surface area contributed by atoms with E-state index in [1.165, 1.54) is 12.8 Å². The van der Waals surface area contributed by atoms with Crippen LogP contribution in [0.4, 0.5) is 5.82 Å². The fourth-order valence-electron chi connectivity index (χ4n) is 2.35. The summed E-state index contributed by atoms with van der Waals surface area (Å²) >= 11 is 0. The molecule has 19 heavy (non-hydrogen) atoms. The van der Waals surface area contributed by atoms with E-state index in [0.29, 0.717) is 12.5 Å². The second-order valence-electron chi connectivity index (χ2n) is 5.06. The SMILES string of the molecule is Cn1cnc2c(N(CCC(=N)N)C3CC3)nccc21. The molecule has 0 spiro atoms. The van der Waals surface area contributed by atoms with Gasteiger partial charge in [0.15, 0.2) is 5.82 Å². The summed E-state index contributed by atoms with van der Waals surface area (Å²) in [4.78, 5) is 11.2. The molecule has 2 aromatic heterocycles. The quantitative estimate of drug-likeness (QED) is 0.624. The molecule has 0 saturated heterocycles. The van der Waals surface area contributed by atoms with Crippen molar-refractivity contribution >= 4 is 22.7 Å². The number of amidine groups is 1. The minimum atomic E-state index is 0.221. The van der Waals surface area contributed by atoms with E-state index >= 15 is 0 Å². The molecule has 1 aliphatic rings. The fraction of sp³-hybridized carbons (Fsp3) is 0.462. The summed E-state index contributed by atoms with van der Waals surface area (Å²) in [5, 5.41) is 7.39. The van der Waals surface area contributed by atoms with Gasteiger partial charge >= 0.3 is 0 Å². The zero-order chi connectivity index (χ0) is 13.4. The van der Waals surface area contributed by atoms with Gasteiger partial charge in [-0.1, -0.05) is 0 Å². The number of nitrogens with one attached hydrogen (secondary N) is 1. The summed E-state index contributed by atoms with van der Waals surface area (Å²) < 4.78 is 2.00.